The zero-order valence-corrected chi connectivity index (χ0v) is 13.0. The summed E-state index contributed by atoms with van der Waals surface area (Å²) in [6, 6.07) is 18.1. The Hall–Kier alpha value is -2.06. The second-order valence-corrected chi connectivity index (χ2v) is 6.37. The largest absolute Gasteiger partial charge is 0.361 e. The average Bonchev–Trinajstić information content (AvgIpc) is 2.99. The van der Waals surface area contributed by atoms with Crippen LogP contribution in [-0.2, 0) is 0 Å². The molecule has 0 bridgehead atoms. The molecule has 0 spiro atoms. The highest BCUT2D eigenvalue weighted by Gasteiger charge is 2.21. The quantitative estimate of drug-likeness (QED) is 0.738. The molecule has 2 nitrogen and oxygen atoms in total. The van der Waals surface area contributed by atoms with Crippen LogP contribution in [0.15, 0.2) is 48.7 Å². The summed E-state index contributed by atoms with van der Waals surface area (Å²) >= 11 is 0. The number of hydrogen-bond donors (Lipinski definition) is 1. The van der Waals surface area contributed by atoms with Crippen LogP contribution in [0.1, 0.15) is 24.3 Å². The van der Waals surface area contributed by atoms with Crippen molar-refractivity contribution in [3.8, 4) is 11.1 Å². The summed E-state index contributed by atoms with van der Waals surface area (Å²) in [5.41, 5.74) is 5.25. The van der Waals surface area contributed by atoms with Crippen molar-refractivity contribution in [2.45, 2.75) is 18.8 Å². The minimum atomic E-state index is 0.683. The Morgan fingerprint density at radius 3 is 2.77 bits per heavy atom. The van der Waals surface area contributed by atoms with E-state index in [0.717, 1.165) is 0 Å². The maximum absolute atomic E-state index is 3.45. The predicted molar refractivity (Wildman–Crippen MR) is 92.0 cm³/mol. The first-order chi connectivity index (χ1) is 10.8. The lowest BCUT2D eigenvalue weighted by Crippen LogP contribution is -2.29. The average molecular weight is 289 g/mol. The van der Waals surface area contributed by atoms with Crippen LogP contribution in [0.25, 0.3) is 22.0 Å². The minimum absolute atomic E-state index is 0.683. The molecule has 0 atom stereocenters. The van der Waals surface area contributed by atoms with Gasteiger partial charge in [0.15, 0.2) is 0 Å². The van der Waals surface area contributed by atoms with Gasteiger partial charge in [0.2, 0.25) is 0 Å². The SMILES string of the molecule is CN1CCC(c2c[nH]c3ccc(-c4c[c]ccc4)cc23)CC1. The number of aromatic amines is 1. The molecule has 0 amide bonds. The molecule has 1 saturated heterocycles. The molecule has 3 aromatic rings. The monoisotopic (exact) mass is 289 g/mol. The Labute approximate surface area is 131 Å². The van der Waals surface area contributed by atoms with Gasteiger partial charge in [-0.1, -0.05) is 24.3 Å². The molecule has 0 saturated carbocycles. The lowest BCUT2D eigenvalue weighted by Gasteiger charge is -2.28. The number of likely N-dealkylation sites (tertiary alicyclic amines) is 1. The van der Waals surface area contributed by atoms with Gasteiger partial charge in [0, 0.05) is 17.1 Å². The van der Waals surface area contributed by atoms with E-state index in [-0.39, 0.29) is 0 Å². The fourth-order valence-electron chi connectivity index (χ4n) is 3.55. The van der Waals surface area contributed by atoms with E-state index >= 15 is 0 Å². The van der Waals surface area contributed by atoms with Crippen molar-refractivity contribution < 1.29 is 0 Å². The number of benzene rings is 2. The molecule has 22 heavy (non-hydrogen) atoms. The summed E-state index contributed by atoms with van der Waals surface area (Å²) in [6.45, 7) is 2.40. The normalized spacial score (nSPS) is 17.1. The number of hydrogen-bond acceptors (Lipinski definition) is 1. The Morgan fingerprint density at radius 1 is 1.14 bits per heavy atom. The third kappa shape index (κ3) is 2.44. The Balaban J connectivity index is 1.74. The van der Waals surface area contributed by atoms with Gasteiger partial charge in [0.25, 0.3) is 0 Å². The number of piperidine rings is 1. The molecule has 4 rings (SSSR count). The standard InChI is InChI=1S/C20H21N2/c1-22-11-9-16(10-12-22)19-14-21-20-8-7-17(13-18(19)20)15-5-3-2-4-6-15/h2-3,5-8,13-14,16,21H,9-12H2,1H3. The van der Waals surface area contributed by atoms with Crippen LogP contribution in [0.5, 0.6) is 0 Å². The molecular formula is C20H21N2. The van der Waals surface area contributed by atoms with Crippen molar-refractivity contribution in [3.05, 3.63) is 60.3 Å². The summed E-state index contributed by atoms with van der Waals surface area (Å²) in [5, 5.41) is 1.39. The van der Waals surface area contributed by atoms with Gasteiger partial charge < -0.3 is 9.88 Å². The van der Waals surface area contributed by atoms with Gasteiger partial charge in [0.05, 0.1) is 0 Å². The molecule has 2 heteroatoms. The van der Waals surface area contributed by atoms with Crippen LogP contribution in [-0.4, -0.2) is 30.0 Å². The van der Waals surface area contributed by atoms with E-state index in [1.54, 1.807) is 0 Å². The van der Waals surface area contributed by atoms with E-state index in [2.05, 4.69) is 65.6 Å². The fourth-order valence-corrected chi connectivity index (χ4v) is 3.55. The van der Waals surface area contributed by atoms with E-state index in [1.807, 2.05) is 6.07 Å². The first-order valence-corrected chi connectivity index (χ1v) is 8.07. The van der Waals surface area contributed by atoms with E-state index in [0.29, 0.717) is 5.92 Å². The molecule has 1 aliphatic rings. The number of H-pyrrole nitrogens is 1. The zero-order chi connectivity index (χ0) is 14.9. The molecule has 1 fully saturated rings. The Kier molecular flexibility index (Phi) is 3.47. The summed E-state index contributed by atoms with van der Waals surface area (Å²) in [5.74, 6) is 0.683. The van der Waals surface area contributed by atoms with Crippen molar-refractivity contribution in [3.63, 3.8) is 0 Å². The highest BCUT2D eigenvalue weighted by molar-refractivity contribution is 5.88. The topological polar surface area (TPSA) is 19.0 Å². The van der Waals surface area contributed by atoms with Crippen molar-refractivity contribution in [2.75, 3.05) is 20.1 Å². The molecule has 2 aromatic carbocycles. The second kappa shape index (κ2) is 5.62. The van der Waals surface area contributed by atoms with Gasteiger partial charge in [-0.05, 0) is 79.9 Å². The molecule has 111 valence electrons. The van der Waals surface area contributed by atoms with Crippen LogP contribution in [0, 0.1) is 6.07 Å². The Morgan fingerprint density at radius 2 is 2.00 bits per heavy atom. The third-order valence-corrected chi connectivity index (χ3v) is 4.91. The van der Waals surface area contributed by atoms with Crippen LogP contribution in [0.2, 0.25) is 0 Å². The van der Waals surface area contributed by atoms with Crippen molar-refractivity contribution in [1.29, 1.82) is 0 Å². The third-order valence-electron chi connectivity index (χ3n) is 4.91. The van der Waals surface area contributed by atoms with E-state index in [9.17, 15) is 0 Å². The van der Waals surface area contributed by atoms with Gasteiger partial charge in [-0.15, -0.1) is 0 Å². The van der Waals surface area contributed by atoms with Crippen LogP contribution in [0.4, 0.5) is 0 Å². The highest BCUT2D eigenvalue weighted by atomic mass is 15.1. The summed E-state index contributed by atoms with van der Waals surface area (Å²) in [4.78, 5) is 5.88. The summed E-state index contributed by atoms with van der Waals surface area (Å²) < 4.78 is 0. The number of fused-ring (bicyclic) bond motifs is 1. The second-order valence-electron chi connectivity index (χ2n) is 6.37. The van der Waals surface area contributed by atoms with Gasteiger partial charge in [0.1, 0.15) is 0 Å². The van der Waals surface area contributed by atoms with Gasteiger partial charge in [-0.2, -0.15) is 0 Å². The van der Waals surface area contributed by atoms with Crippen LogP contribution in [0.3, 0.4) is 0 Å². The van der Waals surface area contributed by atoms with E-state index < -0.39 is 0 Å². The summed E-state index contributed by atoms with van der Waals surface area (Å²) in [7, 11) is 2.22. The number of nitrogens with zero attached hydrogens (tertiary/aromatic N) is 1. The lowest BCUT2D eigenvalue weighted by atomic mass is 9.89. The molecule has 1 radical (unpaired) electrons. The fraction of sp³-hybridized carbons (Fsp3) is 0.300. The molecule has 2 heterocycles. The molecular weight excluding hydrogens is 268 g/mol. The van der Waals surface area contributed by atoms with Gasteiger partial charge in [-0.25, -0.2) is 0 Å². The molecule has 1 aromatic heterocycles. The van der Waals surface area contributed by atoms with Crippen molar-refractivity contribution in [1.82, 2.24) is 9.88 Å². The van der Waals surface area contributed by atoms with Crippen LogP contribution < -0.4 is 0 Å². The number of nitrogens with one attached hydrogen (secondary N) is 1. The van der Waals surface area contributed by atoms with Crippen LogP contribution >= 0.6 is 0 Å². The number of aromatic nitrogens is 1. The van der Waals surface area contributed by atoms with Gasteiger partial charge in [-0.3, -0.25) is 0 Å². The molecule has 1 N–H and O–H groups in total. The lowest BCUT2D eigenvalue weighted by molar-refractivity contribution is 0.256. The number of rotatable bonds is 2. The van der Waals surface area contributed by atoms with Gasteiger partial charge >= 0.3 is 0 Å². The maximum Gasteiger partial charge on any atom is 0.0457 e. The van der Waals surface area contributed by atoms with Crippen molar-refractivity contribution >= 4 is 10.9 Å². The molecule has 1 aliphatic heterocycles. The molecule has 0 aliphatic carbocycles. The zero-order valence-electron chi connectivity index (χ0n) is 13.0. The highest BCUT2D eigenvalue weighted by Crippen LogP contribution is 2.34. The van der Waals surface area contributed by atoms with E-state index in [4.69, 9.17) is 0 Å². The first-order valence-electron chi connectivity index (χ1n) is 8.07. The summed E-state index contributed by atoms with van der Waals surface area (Å²) in [6.07, 6.45) is 4.74. The van der Waals surface area contributed by atoms with E-state index in [1.165, 1.54) is 53.5 Å². The maximum atomic E-state index is 3.45. The smallest absolute Gasteiger partial charge is 0.0457 e. The predicted octanol–water partition coefficient (Wildman–Crippen LogP) is 4.44. The van der Waals surface area contributed by atoms with Crippen molar-refractivity contribution in [2.24, 2.45) is 0 Å². The molecule has 0 unspecified atom stereocenters. The minimum Gasteiger partial charge on any atom is -0.361 e. The first kappa shape index (κ1) is 13.6. The Bertz CT molecular complexity index is 765.